The van der Waals surface area contributed by atoms with Gasteiger partial charge in [0.1, 0.15) is 0 Å². The van der Waals surface area contributed by atoms with E-state index in [0.29, 0.717) is 0 Å². The zero-order valence-electron chi connectivity index (χ0n) is 11.5. The zero-order chi connectivity index (χ0) is 12.6. The first-order chi connectivity index (χ1) is 7.52. The van der Waals surface area contributed by atoms with E-state index in [4.69, 9.17) is 0 Å². The monoisotopic (exact) mass is 218 g/mol. The fourth-order valence-electron chi connectivity index (χ4n) is 1.99. The molecule has 0 heteroatoms. The molecule has 0 saturated heterocycles. The standard InChI is InChI=1S/C16H26/c1-7-10-12-16(11-8-2,13-14(4)5)15(6)9-3/h7-8,10-11,13H,6,9,12H2,1-5H3. The van der Waals surface area contributed by atoms with Gasteiger partial charge < -0.3 is 0 Å². The van der Waals surface area contributed by atoms with E-state index in [2.05, 4.69) is 71.6 Å². The minimum absolute atomic E-state index is 0.00877. The first-order valence-corrected chi connectivity index (χ1v) is 6.11. The SMILES string of the molecule is C=C(CC)C(C=CC)(C=C(C)C)CC=CC. The highest BCUT2D eigenvalue weighted by Gasteiger charge is 2.25. The van der Waals surface area contributed by atoms with Crippen molar-refractivity contribution in [3.05, 3.63) is 48.1 Å². The van der Waals surface area contributed by atoms with E-state index < -0.39 is 0 Å². The van der Waals surface area contributed by atoms with E-state index in [0.717, 1.165) is 12.8 Å². The number of rotatable bonds is 6. The van der Waals surface area contributed by atoms with Gasteiger partial charge >= 0.3 is 0 Å². The average molecular weight is 218 g/mol. The van der Waals surface area contributed by atoms with Crippen LogP contribution in [0.1, 0.15) is 47.5 Å². The third-order valence-corrected chi connectivity index (χ3v) is 2.79. The summed E-state index contributed by atoms with van der Waals surface area (Å²) in [5, 5.41) is 0. The Labute approximate surface area is 101 Å². The lowest BCUT2D eigenvalue weighted by molar-refractivity contribution is 0.573. The summed E-state index contributed by atoms with van der Waals surface area (Å²) in [6.45, 7) is 14.9. The lowest BCUT2D eigenvalue weighted by atomic mass is 9.75. The van der Waals surface area contributed by atoms with Crippen molar-refractivity contribution in [1.29, 1.82) is 0 Å². The number of hydrogen-bond donors (Lipinski definition) is 0. The van der Waals surface area contributed by atoms with Crippen LogP contribution in [0.2, 0.25) is 0 Å². The Morgan fingerprint density at radius 1 is 1.19 bits per heavy atom. The van der Waals surface area contributed by atoms with Crippen molar-refractivity contribution in [2.24, 2.45) is 5.41 Å². The van der Waals surface area contributed by atoms with Gasteiger partial charge in [-0.05, 0) is 40.5 Å². The van der Waals surface area contributed by atoms with Crippen LogP contribution in [-0.2, 0) is 0 Å². The van der Waals surface area contributed by atoms with Crippen LogP contribution >= 0.6 is 0 Å². The summed E-state index contributed by atoms with van der Waals surface area (Å²) >= 11 is 0. The van der Waals surface area contributed by atoms with Crippen molar-refractivity contribution in [2.75, 3.05) is 0 Å². The second-order valence-electron chi connectivity index (χ2n) is 4.49. The van der Waals surface area contributed by atoms with Gasteiger partial charge in [0.25, 0.3) is 0 Å². The van der Waals surface area contributed by atoms with Crippen LogP contribution in [0, 0.1) is 5.41 Å². The number of hydrogen-bond acceptors (Lipinski definition) is 0. The molecule has 0 amide bonds. The molecule has 0 aliphatic heterocycles. The predicted molar refractivity (Wildman–Crippen MR) is 75.5 cm³/mol. The molecule has 0 aromatic carbocycles. The maximum atomic E-state index is 4.24. The van der Waals surface area contributed by atoms with Gasteiger partial charge in [-0.15, -0.1) is 0 Å². The molecule has 0 rings (SSSR count). The molecule has 0 aromatic heterocycles. The molecule has 0 aliphatic rings. The summed E-state index contributed by atoms with van der Waals surface area (Å²) in [6.07, 6.45) is 13.1. The van der Waals surface area contributed by atoms with Crippen molar-refractivity contribution in [3.63, 3.8) is 0 Å². The molecule has 0 heterocycles. The van der Waals surface area contributed by atoms with Gasteiger partial charge in [0.15, 0.2) is 0 Å². The molecule has 1 unspecified atom stereocenters. The lowest BCUT2D eigenvalue weighted by Crippen LogP contribution is -2.17. The average Bonchev–Trinajstić information content (AvgIpc) is 2.24. The summed E-state index contributed by atoms with van der Waals surface area (Å²) in [5.74, 6) is 0. The van der Waals surface area contributed by atoms with Crippen LogP contribution in [0.4, 0.5) is 0 Å². The molecular formula is C16H26. The van der Waals surface area contributed by atoms with Crippen molar-refractivity contribution >= 4 is 0 Å². The number of allylic oxidation sites excluding steroid dienone is 7. The second kappa shape index (κ2) is 7.27. The molecule has 0 radical (unpaired) electrons. The van der Waals surface area contributed by atoms with Crippen molar-refractivity contribution < 1.29 is 0 Å². The first kappa shape index (κ1) is 15.0. The smallest absolute Gasteiger partial charge is 0.0305 e. The molecule has 0 N–H and O–H groups in total. The largest absolute Gasteiger partial charge is 0.0987 e. The minimum atomic E-state index is 0.00877. The Bertz CT molecular complexity index is 298. The normalized spacial score (nSPS) is 15.3. The van der Waals surface area contributed by atoms with Gasteiger partial charge in [0.2, 0.25) is 0 Å². The Balaban J connectivity index is 5.37. The van der Waals surface area contributed by atoms with E-state index in [-0.39, 0.29) is 5.41 Å². The summed E-state index contributed by atoms with van der Waals surface area (Å²) in [4.78, 5) is 0. The first-order valence-electron chi connectivity index (χ1n) is 6.11. The molecule has 0 saturated carbocycles. The Morgan fingerprint density at radius 2 is 1.81 bits per heavy atom. The fraction of sp³-hybridized carbons (Fsp3) is 0.500. The van der Waals surface area contributed by atoms with Crippen LogP contribution in [0.25, 0.3) is 0 Å². The van der Waals surface area contributed by atoms with Crippen molar-refractivity contribution in [3.8, 4) is 0 Å². The van der Waals surface area contributed by atoms with Crippen molar-refractivity contribution in [2.45, 2.75) is 47.5 Å². The van der Waals surface area contributed by atoms with Gasteiger partial charge in [-0.2, -0.15) is 0 Å². The Hall–Kier alpha value is -1.04. The third-order valence-electron chi connectivity index (χ3n) is 2.79. The third kappa shape index (κ3) is 4.22. The quantitative estimate of drug-likeness (QED) is 0.520. The van der Waals surface area contributed by atoms with Gasteiger partial charge in [-0.3, -0.25) is 0 Å². The molecule has 1 atom stereocenters. The Morgan fingerprint density at radius 3 is 2.19 bits per heavy atom. The summed E-state index contributed by atoms with van der Waals surface area (Å²) in [5.41, 5.74) is 2.64. The highest BCUT2D eigenvalue weighted by atomic mass is 14.3. The summed E-state index contributed by atoms with van der Waals surface area (Å²) < 4.78 is 0. The highest BCUT2D eigenvalue weighted by molar-refractivity contribution is 5.30. The molecule has 0 nitrogen and oxygen atoms in total. The van der Waals surface area contributed by atoms with Crippen LogP contribution in [-0.4, -0.2) is 0 Å². The van der Waals surface area contributed by atoms with Crippen LogP contribution in [0.15, 0.2) is 48.1 Å². The van der Waals surface area contributed by atoms with Gasteiger partial charge in [0.05, 0.1) is 0 Å². The summed E-state index contributed by atoms with van der Waals surface area (Å²) in [7, 11) is 0. The lowest BCUT2D eigenvalue weighted by Gasteiger charge is -2.29. The summed E-state index contributed by atoms with van der Waals surface area (Å²) in [6, 6.07) is 0. The molecule has 0 aromatic rings. The molecule has 90 valence electrons. The van der Waals surface area contributed by atoms with Crippen LogP contribution in [0.5, 0.6) is 0 Å². The Kier molecular flexibility index (Phi) is 6.80. The van der Waals surface area contributed by atoms with Gasteiger partial charge in [-0.25, -0.2) is 0 Å². The van der Waals surface area contributed by atoms with E-state index in [1.165, 1.54) is 11.1 Å². The van der Waals surface area contributed by atoms with E-state index in [1.807, 2.05) is 0 Å². The predicted octanol–water partition coefficient (Wildman–Crippen LogP) is 5.45. The van der Waals surface area contributed by atoms with Crippen LogP contribution in [0.3, 0.4) is 0 Å². The van der Waals surface area contributed by atoms with E-state index in [1.54, 1.807) is 0 Å². The van der Waals surface area contributed by atoms with Gasteiger partial charge in [-0.1, -0.05) is 55.0 Å². The maximum Gasteiger partial charge on any atom is 0.0305 e. The van der Waals surface area contributed by atoms with Crippen molar-refractivity contribution in [1.82, 2.24) is 0 Å². The minimum Gasteiger partial charge on any atom is -0.0987 e. The zero-order valence-corrected chi connectivity index (χ0v) is 11.5. The molecule has 0 spiro atoms. The molecule has 0 fully saturated rings. The molecular weight excluding hydrogens is 192 g/mol. The fourth-order valence-corrected chi connectivity index (χ4v) is 1.99. The molecule has 16 heavy (non-hydrogen) atoms. The second-order valence-corrected chi connectivity index (χ2v) is 4.49. The van der Waals surface area contributed by atoms with Gasteiger partial charge in [0, 0.05) is 5.41 Å². The van der Waals surface area contributed by atoms with Crippen LogP contribution < -0.4 is 0 Å². The highest BCUT2D eigenvalue weighted by Crippen LogP contribution is 2.37. The topological polar surface area (TPSA) is 0 Å². The van der Waals surface area contributed by atoms with E-state index in [9.17, 15) is 0 Å². The molecule has 0 bridgehead atoms. The maximum absolute atomic E-state index is 4.24. The van der Waals surface area contributed by atoms with E-state index >= 15 is 0 Å². The molecule has 0 aliphatic carbocycles.